The number of nitrogen functional groups attached to an aromatic ring is 1. The lowest BCUT2D eigenvalue weighted by atomic mass is 9.95. The van der Waals surface area contributed by atoms with E-state index in [-0.39, 0.29) is 42.2 Å². The molecule has 1 aromatic carbocycles. The second kappa shape index (κ2) is 10.1. The maximum absolute atomic E-state index is 13.1. The van der Waals surface area contributed by atoms with Gasteiger partial charge in [-0.05, 0) is 56.7 Å². The van der Waals surface area contributed by atoms with Gasteiger partial charge in [0.25, 0.3) is 0 Å². The van der Waals surface area contributed by atoms with E-state index >= 15 is 0 Å². The molecule has 0 saturated carbocycles. The first-order valence-corrected chi connectivity index (χ1v) is 9.95. The van der Waals surface area contributed by atoms with E-state index in [1.165, 1.54) is 6.07 Å². The highest BCUT2D eigenvalue weighted by Gasteiger charge is 2.31. The zero-order valence-electron chi connectivity index (χ0n) is 16.9. The van der Waals surface area contributed by atoms with Crippen molar-refractivity contribution in [1.29, 1.82) is 0 Å². The van der Waals surface area contributed by atoms with Gasteiger partial charge >= 0.3 is 6.18 Å². The number of piperidine rings is 1. The zero-order valence-corrected chi connectivity index (χ0v) is 18.5. The van der Waals surface area contributed by atoms with E-state index in [1.54, 1.807) is 0 Å². The van der Waals surface area contributed by atoms with Crippen molar-refractivity contribution in [3.05, 3.63) is 35.0 Å². The van der Waals surface area contributed by atoms with Crippen LogP contribution in [0.5, 0.6) is 0 Å². The summed E-state index contributed by atoms with van der Waals surface area (Å²) in [6.07, 6.45) is 1.37. The number of halogens is 5. The van der Waals surface area contributed by atoms with Gasteiger partial charge in [-0.25, -0.2) is 4.98 Å². The normalized spacial score (nSPS) is 18.5. The minimum absolute atomic E-state index is 0. The second-order valence-corrected chi connectivity index (χ2v) is 7.82. The van der Waals surface area contributed by atoms with E-state index in [0.29, 0.717) is 5.95 Å². The predicted octanol–water partition coefficient (Wildman–Crippen LogP) is 4.47. The number of anilines is 4. The van der Waals surface area contributed by atoms with Crippen molar-refractivity contribution in [2.24, 2.45) is 5.73 Å². The average molecular weight is 479 g/mol. The highest BCUT2D eigenvalue weighted by Crippen LogP contribution is 2.35. The van der Waals surface area contributed by atoms with E-state index in [4.69, 9.17) is 11.5 Å². The summed E-state index contributed by atoms with van der Waals surface area (Å²) < 4.78 is 39.4. The highest BCUT2D eigenvalue weighted by atomic mass is 35.5. The van der Waals surface area contributed by atoms with Crippen molar-refractivity contribution in [3.63, 3.8) is 0 Å². The van der Waals surface area contributed by atoms with Gasteiger partial charge < -0.3 is 21.7 Å². The molecule has 1 unspecified atom stereocenters. The largest absolute Gasteiger partial charge is 0.416 e. The molecule has 4 rings (SSSR count). The first-order valence-electron chi connectivity index (χ1n) is 9.95. The number of aromatic nitrogens is 2. The summed E-state index contributed by atoms with van der Waals surface area (Å²) in [5.74, 6) is 1.14. The molecular formula is C20H27Cl2F3N6. The maximum atomic E-state index is 13.1. The van der Waals surface area contributed by atoms with Gasteiger partial charge in [0.05, 0.1) is 11.3 Å². The van der Waals surface area contributed by atoms with Crippen LogP contribution in [0.15, 0.2) is 18.2 Å². The fraction of sp³-hybridized carbons (Fsp3) is 0.500. The predicted molar refractivity (Wildman–Crippen MR) is 122 cm³/mol. The van der Waals surface area contributed by atoms with Crippen LogP contribution in [0.2, 0.25) is 0 Å². The third-order valence-corrected chi connectivity index (χ3v) is 5.46. The maximum Gasteiger partial charge on any atom is 0.416 e. The van der Waals surface area contributed by atoms with E-state index in [2.05, 4.69) is 20.2 Å². The molecule has 31 heavy (non-hydrogen) atoms. The van der Waals surface area contributed by atoms with Crippen LogP contribution in [0.25, 0.3) is 0 Å². The smallest absolute Gasteiger partial charge is 0.399 e. The molecule has 172 valence electrons. The molecular weight excluding hydrogens is 452 g/mol. The van der Waals surface area contributed by atoms with Crippen molar-refractivity contribution < 1.29 is 13.2 Å². The summed E-state index contributed by atoms with van der Waals surface area (Å²) in [6.45, 7) is 1.59. The number of aryl methyl sites for hydroxylation is 1. The molecule has 1 saturated heterocycles. The van der Waals surface area contributed by atoms with Crippen LogP contribution in [0.3, 0.4) is 0 Å². The van der Waals surface area contributed by atoms with Gasteiger partial charge in [0.2, 0.25) is 5.95 Å². The number of hydrogen-bond donors (Lipinski definition) is 3. The van der Waals surface area contributed by atoms with E-state index in [0.717, 1.165) is 80.8 Å². The number of nitrogens with one attached hydrogen (secondary N) is 1. The molecule has 11 heteroatoms. The lowest BCUT2D eigenvalue weighted by Gasteiger charge is -2.34. The molecule has 1 atom stereocenters. The molecule has 6 nitrogen and oxygen atoms in total. The summed E-state index contributed by atoms with van der Waals surface area (Å²) in [5.41, 5.74) is 13.4. The van der Waals surface area contributed by atoms with Crippen LogP contribution in [0, 0.1) is 0 Å². The molecule has 0 bridgehead atoms. The number of nitrogens with zero attached hydrogens (tertiary/aromatic N) is 3. The summed E-state index contributed by atoms with van der Waals surface area (Å²) in [5, 5.41) is 2.94. The quantitative estimate of drug-likeness (QED) is 0.563. The van der Waals surface area contributed by atoms with Crippen LogP contribution in [-0.4, -0.2) is 29.1 Å². The molecule has 2 aliphatic rings. The van der Waals surface area contributed by atoms with Gasteiger partial charge in [0.15, 0.2) is 0 Å². The van der Waals surface area contributed by atoms with E-state index < -0.39 is 11.7 Å². The van der Waals surface area contributed by atoms with Gasteiger partial charge in [-0.1, -0.05) is 0 Å². The Bertz CT molecular complexity index is 909. The Morgan fingerprint density at radius 1 is 1.03 bits per heavy atom. The molecule has 5 N–H and O–H groups in total. The van der Waals surface area contributed by atoms with Gasteiger partial charge in [-0.3, -0.25) is 0 Å². The van der Waals surface area contributed by atoms with Gasteiger partial charge in [-0.2, -0.15) is 18.2 Å². The van der Waals surface area contributed by atoms with Crippen molar-refractivity contribution >= 4 is 48.0 Å². The first-order chi connectivity index (χ1) is 13.8. The van der Waals surface area contributed by atoms with Crippen LogP contribution in [0.4, 0.5) is 36.3 Å². The van der Waals surface area contributed by atoms with Crippen molar-refractivity contribution in [1.82, 2.24) is 9.97 Å². The molecule has 2 heterocycles. The van der Waals surface area contributed by atoms with Gasteiger partial charge in [-0.15, -0.1) is 24.8 Å². The van der Waals surface area contributed by atoms with Crippen LogP contribution in [-0.2, 0) is 19.0 Å². The van der Waals surface area contributed by atoms with Gasteiger partial charge in [0, 0.05) is 36.1 Å². The number of alkyl halides is 3. The Morgan fingerprint density at radius 2 is 1.77 bits per heavy atom. The fourth-order valence-electron chi connectivity index (χ4n) is 4.11. The fourth-order valence-corrected chi connectivity index (χ4v) is 4.11. The number of nitrogens with two attached hydrogens (primary N) is 2. The summed E-state index contributed by atoms with van der Waals surface area (Å²) in [4.78, 5) is 11.5. The summed E-state index contributed by atoms with van der Waals surface area (Å²) >= 11 is 0. The third kappa shape index (κ3) is 5.84. The second-order valence-electron chi connectivity index (χ2n) is 7.82. The molecule has 1 aliphatic carbocycles. The molecule has 0 spiro atoms. The van der Waals surface area contributed by atoms with Crippen molar-refractivity contribution in [2.45, 2.75) is 50.7 Å². The molecule has 0 amide bonds. The van der Waals surface area contributed by atoms with Crippen molar-refractivity contribution in [3.8, 4) is 0 Å². The molecule has 2 aromatic rings. The summed E-state index contributed by atoms with van der Waals surface area (Å²) in [6, 6.07) is 3.49. The lowest BCUT2D eigenvalue weighted by molar-refractivity contribution is -0.137. The molecule has 1 fully saturated rings. The number of hydrogen-bond acceptors (Lipinski definition) is 6. The Hall–Kier alpha value is -1.97. The van der Waals surface area contributed by atoms with Crippen LogP contribution < -0.4 is 21.7 Å². The molecule has 1 aromatic heterocycles. The minimum atomic E-state index is -4.47. The zero-order chi connectivity index (χ0) is 20.6. The summed E-state index contributed by atoms with van der Waals surface area (Å²) in [7, 11) is 0. The van der Waals surface area contributed by atoms with Crippen LogP contribution in [0.1, 0.15) is 42.5 Å². The highest BCUT2D eigenvalue weighted by molar-refractivity contribution is 5.85. The van der Waals surface area contributed by atoms with E-state index in [9.17, 15) is 13.2 Å². The van der Waals surface area contributed by atoms with Crippen LogP contribution >= 0.6 is 24.8 Å². The monoisotopic (exact) mass is 478 g/mol. The Kier molecular flexibility index (Phi) is 8.24. The number of benzene rings is 1. The SMILES string of the molecule is Cl.Cl.Nc1cc(Nc2nc3c(c(N4CCCC(N)C4)n2)CCCC3)cc(C(F)(F)F)c1. The standard InChI is InChI=1S/C20H25F3N6.2ClH/c21-20(22,23)12-8-14(25)10-15(9-12)26-19-27-17-6-2-1-5-16(17)18(28-19)29-7-3-4-13(24)11-29;;/h8-10,13H,1-7,11,24-25H2,(H,26,27,28);2*1H. The van der Waals surface area contributed by atoms with Crippen molar-refractivity contribution in [2.75, 3.05) is 29.0 Å². The van der Waals surface area contributed by atoms with Gasteiger partial charge in [0.1, 0.15) is 5.82 Å². The molecule has 1 aliphatic heterocycles. The average Bonchev–Trinajstić information content (AvgIpc) is 2.66. The first kappa shape index (κ1) is 25.3. The van der Waals surface area contributed by atoms with E-state index in [1.807, 2.05) is 0 Å². The Balaban J connectivity index is 0.00000171. The Labute approximate surface area is 191 Å². The topological polar surface area (TPSA) is 93.1 Å². The molecule has 0 radical (unpaired) electrons. The minimum Gasteiger partial charge on any atom is -0.399 e. The Morgan fingerprint density at radius 3 is 2.48 bits per heavy atom. The number of fused-ring (bicyclic) bond motifs is 1. The number of rotatable bonds is 3. The lowest BCUT2D eigenvalue weighted by Crippen LogP contribution is -2.43. The third-order valence-electron chi connectivity index (χ3n) is 5.46.